The molecular formula is C31H34N2O2. The molecule has 4 nitrogen and oxygen atoms in total. The predicted octanol–water partition coefficient (Wildman–Crippen LogP) is 5.53. The van der Waals surface area contributed by atoms with Gasteiger partial charge in [0.15, 0.2) is 0 Å². The zero-order valence-electron chi connectivity index (χ0n) is 20.7. The van der Waals surface area contributed by atoms with Crippen LogP contribution in [0.15, 0.2) is 71.5 Å². The Morgan fingerprint density at radius 2 is 1.60 bits per heavy atom. The first kappa shape index (κ1) is 23.4. The quantitative estimate of drug-likeness (QED) is 0.341. The standard InChI is InChI=1S/C31H34N2O2/c1-3-22-16-25-18-27(19-26(25)17-23(22)4-2)32-15-14-24-10-12-29(31-28(24)11-13-30(34)33-31)35-20-21-8-6-5-7-9-21/h5-13,16-17,27,32H,3-4,14-15,18-20H2,1-2H3,(H,33,34). The molecule has 0 fully saturated rings. The van der Waals surface area contributed by atoms with Gasteiger partial charge in [0.05, 0.1) is 5.52 Å². The number of pyridine rings is 1. The van der Waals surface area contributed by atoms with E-state index < -0.39 is 0 Å². The van der Waals surface area contributed by atoms with E-state index >= 15 is 0 Å². The summed E-state index contributed by atoms with van der Waals surface area (Å²) in [4.78, 5) is 15.1. The summed E-state index contributed by atoms with van der Waals surface area (Å²) in [7, 11) is 0. The van der Waals surface area contributed by atoms with Crippen molar-refractivity contribution in [2.45, 2.75) is 58.6 Å². The molecule has 0 amide bonds. The van der Waals surface area contributed by atoms with Crippen molar-refractivity contribution in [3.63, 3.8) is 0 Å². The van der Waals surface area contributed by atoms with Crippen LogP contribution < -0.4 is 15.6 Å². The van der Waals surface area contributed by atoms with Crippen molar-refractivity contribution in [1.29, 1.82) is 0 Å². The molecule has 0 unspecified atom stereocenters. The predicted molar refractivity (Wildman–Crippen MR) is 143 cm³/mol. The molecule has 1 aliphatic carbocycles. The molecule has 0 aliphatic heterocycles. The molecule has 35 heavy (non-hydrogen) atoms. The molecule has 0 radical (unpaired) electrons. The monoisotopic (exact) mass is 466 g/mol. The normalized spacial score (nSPS) is 13.3. The Labute approximate surface area is 207 Å². The van der Waals surface area contributed by atoms with Gasteiger partial charge < -0.3 is 15.0 Å². The molecule has 1 aromatic heterocycles. The summed E-state index contributed by atoms with van der Waals surface area (Å²) in [6.07, 6.45) is 5.32. The van der Waals surface area contributed by atoms with Crippen LogP contribution in [0.4, 0.5) is 0 Å². The molecule has 180 valence electrons. The van der Waals surface area contributed by atoms with E-state index in [9.17, 15) is 4.79 Å². The van der Waals surface area contributed by atoms with Crippen molar-refractivity contribution in [2.24, 2.45) is 0 Å². The van der Waals surface area contributed by atoms with E-state index in [1.807, 2.05) is 42.5 Å². The van der Waals surface area contributed by atoms with Crippen LogP contribution in [0, 0.1) is 0 Å². The van der Waals surface area contributed by atoms with Gasteiger partial charge in [-0.25, -0.2) is 0 Å². The van der Waals surface area contributed by atoms with Gasteiger partial charge in [-0.1, -0.05) is 62.4 Å². The van der Waals surface area contributed by atoms with Crippen LogP contribution in [0.25, 0.3) is 10.9 Å². The fourth-order valence-corrected chi connectivity index (χ4v) is 5.35. The minimum absolute atomic E-state index is 0.112. The highest BCUT2D eigenvalue weighted by Gasteiger charge is 2.22. The number of hydrogen-bond donors (Lipinski definition) is 2. The third-order valence-corrected chi connectivity index (χ3v) is 7.23. The highest BCUT2D eigenvalue weighted by Crippen LogP contribution is 2.29. The first-order valence-electron chi connectivity index (χ1n) is 12.8. The lowest BCUT2D eigenvalue weighted by molar-refractivity contribution is 0.309. The van der Waals surface area contributed by atoms with Crippen LogP contribution in [-0.2, 0) is 38.7 Å². The van der Waals surface area contributed by atoms with Crippen molar-refractivity contribution in [3.05, 3.63) is 110 Å². The summed E-state index contributed by atoms with van der Waals surface area (Å²) < 4.78 is 6.09. The molecule has 0 saturated carbocycles. The average molecular weight is 467 g/mol. The van der Waals surface area contributed by atoms with Crippen LogP contribution in [0.1, 0.15) is 47.2 Å². The summed E-state index contributed by atoms with van der Waals surface area (Å²) in [5.41, 5.74) is 9.01. The fourth-order valence-electron chi connectivity index (χ4n) is 5.35. The maximum atomic E-state index is 12.1. The van der Waals surface area contributed by atoms with E-state index in [1.54, 1.807) is 6.07 Å². The van der Waals surface area contributed by atoms with Crippen molar-refractivity contribution >= 4 is 10.9 Å². The molecule has 5 rings (SSSR count). The second kappa shape index (κ2) is 10.5. The van der Waals surface area contributed by atoms with Crippen LogP contribution >= 0.6 is 0 Å². The maximum absolute atomic E-state index is 12.1. The summed E-state index contributed by atoms with van der Waals surface area (Å²) >= 11 is 0. The molecule has 1 heterocycles. The van der Waals surface area contributed by atoms with E-state index in [0.717, 1.165) is 55.1 Å². The van der Waals surface area contributed by atoms with Gasteiger partial charge in [-0.2, -0.15) is 0 Å². The topological polar surface area (TPSA) is 54.1 Å². The van der Waals surface area contributed by atoms with E-state index in [2.05, 4.69) is 42.3 Å². The number of aromatic nitrogens is 1. The highest BCUT2D eigenvalue weighted by molar-refractivity contribution is 5.87. The number of rotatable bonds is 9. The summed E-state index contributed by atoms with van der Waals surface area (Å²) in [6.45, 7) is 5.87. The number of ether oxygens (including phenoxy) is 1. The van der Waals surface area contributed by atoms with Gasteiger partial charge in [-0.15, -0.1) is 0 Å². The third-order valence-electron chi connectivity index (χ3n) is 7.23. The van der Waals surface area contributed by atoms with E-state index in [0.29, 0.717) is 18.4 Å². The average Bonchev–Trinajstić information content (AvgIpc) is 3.29. The number of hydrogen-bond acceptors (Lipinski definition) is 3. The fraction of sp³-hybridized carbons (Fsp3) is 0.323. The Bertz CT molecular complexity index is 1340. The summed E-state index contributed by atoms with van der Waals surface area (Å²) in [5, 5.41) is 4.83. The zero-order chi connectivity index (χ0) is 24.2. The molecule has 4 aromatic rings. The lowest BCUT2D eigenvalue weighted by Crippen LogP contribution is -2.31. The first-order chi connectivity index (χ1) is 17.1. The molecule has 0 bridgehead atoms. The zero-order valence-corrected chi connectivity index (χ0v) is 20.7. The lowest BCUT2D eigenvalue weighted by atomic mass is 9.97. The number of H-pyrrole nitrogens is 1. The second-order valence-corrected chi connectivity index (χ2v) is 9.51. The number of fused-ring (bicyclic) bond motifs is 2. The second-order valence-electron chi connectivity index (χ2n) is 9.51. The molecule has 4 heteroatoms. The Morgan fingerprint density at radius 1 is 0.886 bits per heavy atom. The van der Waals surface area contributed by atoms with Gasteiger partial charge >= 0.3 is 0 Å². The van der Waals surface area contributed by atoms with Gasteiger partial charge in [0, 0.05) is 17.5 Å². The molecule has 3 aromatic carbocycles. The van der Waals surface area contributed by atoms with Gasteiger partial charge in [-0.3, -0.25) is 4.79 Å². The summed E-state index contributed by atoms with van der Waals surface area (Å²) in [6, 6.07) is 23.1. The van der Waals surface area contributed by atoms with E-state index in [-0.39, 0.29) is 5.56 Å². The van der Waals surface area contributed by atoms with Crippen molar-refractivity contribution in [1.82, 2.24) is 10.3 Å². The van der Waals surface area contributed by atoms with Crippen molar-refractivity contribution < 1.29 is 4.74 Å². The maximum Gasteiger partial charge on any atom is 0.248 e. The Kier molecular flexibility index (Phi) is 7.01. The van der Waals surface area contributed by atoms with Crippen LogP contribution in [0.3, 0.4) is 0 Å². The van der Waals surface area contributed by atoms with Gasteiger partial charge in [0.2, 0.25) is 5.56 Å². The minimum atomic E-state index is -0.112. The van der Waals surface area contributed by atoms with Crippen molar-refractivity contribution in [2.75, 3.05) is 6.54 Å². The Morgan fingerprint density at radius 3 is 2.29 bits per heavy atom. The first-order valence-corrected chi connectivity index (χ1v) is 12.8. The van der Waals surface area contributed by atoms with E-state index in [1.165, 1.54) is 27.8 Å². The molecule has 0 atom stereocenters. The van der Waals surface area contributed by atoms with Crippen LogP contribution in [-0.4, -0.2) is 17.6 Å². The van der Waals surface area contributed by atoms with Crippen molar-refractivity contribution in [3.8, 4) is 5.75 Å². The minimum Gasteiger partial charge on any atom is -0.487 e. The number of aromatic amines is 1. The Hall–Kier alpha value is -3.37. The molecule has 2 N–H and O–H groups in total. The Balaban J connectivity index is 1.26. The lowest BCUT2D eigenvalue weighted by Gasteiger charge is -2.15. The number of nitrogens with one attached hydrogen (secondary N) is 2. The van der Waals surface area contributed by atoms with Gasteiger partial charge in [0.1, 0.15) is 12.4 Å². The van der Waals surface area contributed by atoms with Gasteiger partial charge in [-0.05, 0) is 84.2 Å². The smallest absolute Gasteiger partial charge is 0.248 e. The van der Waals surface area contributed by atoms with Gasteiger partial charge in [0.25, 0.3) is 0 Å². The molecule has 0 saturated heterocycles. The summed E-state index contributed by atoms with van der Waals surface area (Å²) in [5.74, 6) is 0.711. The third kappa shape index (κ3) is 5.18. The molecular weight excluding hydrogens is 432 g/mol. The number of benzene rings is 3. The molecule has 0 spiro atoms. The van der Waals surface area contributed by atoms with Crippen LogP contribution in [0.2, 0.25) is 0 Å². The highest BCUT2D eigenvalue weighted by atomic mass is 16.5. The van der Waals surface area contributed by atoms with E-state index in [4.69, 9.17) is 4.74 Å². The number of aryl methyl sites for hydroxylation is 2. The van der Waals surface area contributed by atoms with Crippen LogP contribution in [0.5, 0.6) is 5.75 Å². The largest absolute Gasteiger partial charge is 0.487 e. The SMILES string of the molecule is CCc1cc2c(cc1CC)CC(NCCc1ccc(OCc3ccccc3)c3[nH]c(=O)ccc13)C2. The molecule has 1 aliphatic rings.